The van der Waals surface area contributed by atoms with Crippen molar-refractivity contribution in [2.24, 2.45) is 95.1 Å². The van der Waals surface area contributed by atoms with E-state index >= 15 is 0 Å². The average molecular weight is 1310 g/mol. The molecule has 1 atom stereocenters. The fourth-order valence-corrected chi connectivity index (χ4v) is 9.23. The largest absolute Gasteiger partial charge is 0.394 e. The third-order valence-electron chi connectivity index (χ3n) is 19.9. The minimum absolute atomic E-state index is 0.0478. The predicted octanol–water partition coefficient (Wildman–Crippen LogP) is 32.2. The zero-order valence-electron chi connectivity index (χ0n) is 68.6. The maximum Gasteiger partial charge on any atom is 0.394 e. The van der Waals surface area contributed by atoms with Crippen LogP contribution >= 0.6 is 0 Å². The van der Waals surface area contributed by atoms with E-state index in [1.54, 1.807) is 41.5 Å². The molecule has 0 nitrogen and oxygen atoms in total. The lowest BCUT2D eigenvalue weighted by molar-refractivity contribution is -0.239. The number of hydrogen-bond donors (Lipinski definition) is 0. The highest BCUT2D eigenvalue weighted by Gasteiger charge is 2.54. The van der Waals surface area contributed by atoms with Crippen molar-refractivity contribution in [3.8, 4) is 0 Å². The molecule has 89 heavy (non-hydrogen) atoms. The van der Waals surface area contributed by atoms with Crippen LogP contribution in [-0.2, 0) is 0 Å². The van der Waals surface area contributed by atoms with Crippen LogP contribution in [0, 0.1) is 95.1 Å². The van der Waals surface area contributed by atoms with Crippen LogP contribution in [0.4, 0.5) is 43.9 Å². The maximum absolute atomic E-state index is 13.2. The summed E-state index contributed by atoms with van der Waals surface area (Å²) in [6.45, 7) is 90.2. The second kappa shape index (κ2) is 44.2. The molecule has 0 aliphatic heterocycles. The van der Waals surface area contributed by atoms with Crippen LogP contribution in [0.25, 0.3) is 0 Å². The van der Waals surface area contributed by atoms with Crippen LogP contribution in [0.15, 0.2) is 0 Å². The Labute approximate surface area is 555 Å². The van der Waals surface area contributed by atoms with Gasteiger partial charge in [0.15, 0.2) is 0 Å². The smallest absolute Gasteiger partial charge is 0.244 e. The fourth-order valence-electron chi connectivity index (χ4n) is 9.23. The molecule has 0 aromatic carbocycles. The van der Waals surface area contributed by atoms with E-state index in [-0.39, 0.29) is 42.9 Å². The van der Waals surface area contributed by atoms with Crippen molar-refractivity contribution in [3.05, 3.63) is 0 Å². The molecule has 0 N–H and O–H groups in total. The summed E-state index contributed by atoms with van der Waals surface area (Å²) in [5, 5.41) is 0. The Hall–Kier alpha value is -0.700. The Morgan fingerprint density at radius 1 is 0.360 bits per heavy atom. The Bertz CT molecular complexity index is 1540. The number of alkyl halides is 10. The standard InChI is InChI=1S/C11H21F3.C10H22.C9H17F.C9H20.C8H15F3.C7H13F3.2C7H16.C6H14.C5H12/c1-7(2)9(8(3)4)10(5,6)11(12,13)14;1-7-10(6,8-2)9(3,4)5;1-8(2)4-6-9(3,10)7-5-8;1-6-8(7-2)9(3,4)5;1-5-7(4,6(2)3)8(9,10)11;1-4-6(3,5-2)7(8,9)10;1-6(2)7(3,4)5;1-5-6-7(2,3)4;1-5-6(2,3)4;1-5(2,3)4/h7-9H,1-6H3;7-8H2,1-6H3;4-7H2,1-3H3;8H,6-7H2,1-5H3;6H,5H2,1-4H3;4-5H2,1-3H3;6H,1-5H3;5-6H2,1-4H3;5H2,1-4H3;1-4H3/t;;;;7-;;;;;/m....0...../s1. The van der Waals surface area contributed by atoms with E-state index < -0.39 is 40.4 Å². The van der Waals surface area contributed by atoms with E-state index in [0.29, 0.717) is 43.3 Å². The molecular weight excluding hydrogens is 1140 g/mol. The van der Waals surface area contributed by atoms with Crippen LogP contribution in [0.2, 0.25) is 0 Å². The highest BCUT2D eigenvalue weighted by molar-refractivity contribution is 4.89. The summed E-state index contributed by atoms with van der Waals surface area (Å²) in [5.74, 6) is 1.11. The molecule has 0 heterocycles. The highest BCUT2D eigenvalue weighted by Crippen LogP contribution is 2.50. The van der Waals surface area contributed by atoms with Crippen molar-refractivity contribution in [2.75, 3.05) is 0 Å². The molecule has 1 rings (SSSR count). The first-order valence-corrected chi connectivity index (χ1v) is 35.4. The molecule has 0 amide bonds. The minimum Gasteiger partial charge on any atom is -0.244 e. The van der Waals surface area contributed by atoms with E-state index in [1.165, 1.54) is 72.6 Å². The van der Waals surface area contributed by atoms with Gasteiger partial charge in [0.25, 0.3) is 0 Å². The molecule has 1 fully saturated rings. The topological polar surface area (TPSA) is 0 Å². The number of rotatable bonds is 12. The molecule has 0 unspecified atom stereocenters. The first-order chi connectivity index (χ1) is 38.5. The quantitative estimate of drug-likeness (QED) is 0.171. The van der Waals surface area contributed by atoms with Crippen LogP contribution in [0.1, 0.15) is 395 Å². The van der Waals surface area contributed by atoms with E-state index in [4.69, 9.17) is 0 Å². The van der Waals surface area contributed by atoms with Gasteiger partial charge in [-0.1, -0.05) is 336 Å². The van der Waals surface area contributed by atoms with Crippen LogP contribution in [-0.4, -0.2) is 24.2 Å². The second-order valence-corrected chi connectivity index (χ2v) is 37.1. The van der Waals surface area contributed by atoms with Crippen molar-refractivity contribution in [3.63, 3.8) is 0 Å². The summed E-state index contributed by atoms with van der Waals surface area (Å²) >= 11 is 0. The molecular formula is C79H166F10. The summed E-state index contributed by atoms with van der Waals surface area (Å²) in [7, 11) is 0. The lowest BCUT2D eigenvalue weighted by Crippen LogP contribution is -2.43. The van der Waals surface area contributed by atoms with E-state index in [2.05, 4.69) is 208 Å². The van der Waals surface area contributed by atoms with Gasteiger partial charge < -0.3 is 0 Å². The normalized spacial score (nSPS) is 15.8. The highest BCUT2D eigenvalue weighted by atomic mass is 19.4. The monoisotopic (exact) mass is 1310 g/mol. The average Bonchev–Trinajstić information content (AvgIpc) is 3.30. The van der Waals surface area contributed by atoms with Gasteiger partial charge in [-0.05, 0) is 137 Å². The van der Waals surface area contributed by atoms with Crippen molar-refractivity contribution in [1.82, 2.24) is 0 Å². The van der Waals surface area contributed by atoms with Crippen molar-refractivity contribution >= 4 is 0 Å². The molecule has 0 bridgehead atoms. The second-order valence-electron chi connectivity index (χ2n) is 37.1. The lowest BCUT2D eigenvalue weighted by Gasteiger charge is -2.41. The van der Waals surface area contributed by atoms with Gasteiger partial charge in [-0.15, -0.1) is 0 Å². The molecule has 0 spiro atoms. The van der Waals surface area contributed by atoms with Gasteiger partial charge in [0.2, 0.25) is 0 Å². The van der Waals surface area contributed by atoms with Gasteiger partial charge in [-0.2, -0.15) is 39.5 Å². The molecule has 0 saturated heterocycles. The van der Waals surface area contributed by atoms with E-state index in [1.807, 2.05) is 27.7 Å². The van der Waals surface area contributed by atoms with Gasteiger partial charge in [0.05, 0.1) is 16.2 Å². The molecule has 0 radical (unpaired) electrons. The summed E-state index contributed by atoms with van der Waals surface area (Å²) in [6.07, 6.45) is 0.941. The van der Waals surface area contributed by atoms with Crippen molar-refractivity contribution < 1.29 is 43.9 Å². The van der Waals surface area contributed by atoms with Gasteiger partial charge in [0, 0.05) is 0 Å². The zero-order chi connectivity index (χ0) is 74.9. The zero-order valence-corrected chi connectivity index (χ0v) is 68.6. The lowest BCUT2D eigenvalue weighted by atomic mass is 9.65. The number of halogens is 10. The van der Waals surface area contributed by atoms with Crippen molar-refractivity contribution in [2.45, 2.75) is 419 Å². The van der Waals surface area contributed by atoms with Gasteiger partial charge >= 0.3 is 18.5 Å². The van der Waals surface area contributed by atoms with Gasteiger partial charge in [-0.3, -0.25) is 0 Å². The molecule has 0 aromatic heterocycles. The summed E-state index contributed by atoms with van der Waals surface area (Å²) < 4.78 is 125. The first-order valence-electron chi connectivity index (χ1n) is 35.4. The maximum atomic E-state index is 13.2. The van der Waals surface area contributed by atoms with Crippen LogP contribution in [0.5, 0.6) is 0 Å². The van der Waals surface area contributed by atoms with Crippen LogP contribution in [0.3, 0.4) is 0 Å². The fraction of sp³-hybridized carbons (Fsp3) is 1.00. The molecule has 1 aliphatic rings. The Morgan fingerprint density at radius 3 is 0.685 bits per heavy atom. The Kier molecular flexibility index (Phi) is 53.1. The summed E-state index contributed by atoms with van der Waals surface area (Å²) in [5.41, 5.74) is -1.49. The van der Waals surface area contributed by atoms with Crippen molar-refractivity contribution in [1.29, 1.82) is 0 Å². The molecule has 552 valence electrons. The number of hydrogen-bond acceptors (Lipinski definition) is 0. The summed E-state index contributed by atoms with van der Waals surface area (Å²) in [4.78, 5) is 0. The molecule has 1 saturated carbocycles. The van der Waals surface area contributed by atoms with Gasteiger partial charge in [-0.25, -0.2) is 4.39 Å². The minimum atomic E-state index is -4.12. The SMILES string of the molecule is CC(C)(C)C.CC(C)C(C(C)C)C(C)(C)C(F)(F)F.CC(C)C(C)(C)C.CC1(C)CCC(C)(F)CC1.CCC(C)(C)C.CCC(C)(CC)C(C)(C)C.CCC(C)(CC)C(F)(F)F.CCC(CC)C(C)(C)C.CCCC(C)(C)C.CC[C@@](C)(C(C)C)C(F)(F)F. The predicted molar refractivity (Wildman–Crippen MR) is 384 cm³/mol. The third-order valence-corrected chi connectivity index (χ3v) is 19.9. The molecule has 10 heteroatoms. The first kappa shape index (κ1) is 107. The third kappa shape index (κ3) is 55.2. The summed E-state index contributed by atoms with van der Waals surface area (Å²) in [6, 6.07) is 0. The van der Waals surface area contributed by atoms with E-state index in [0.717, 1.165) is 37.5 Å². The molecule has 1 aliphatic carbocycles. The van der Waals surface area contributed by atoms with Gasteiger partial charge in [0.1, 0.15) is 5.67 Å². The molecule has 0 aromatic rings. The Morgan fingerprint density at radius 2 is 0.640 bits per heavy atom. The Balaban J connectivity index is -0.000000115. The van der Waals surface area contributed by atoms with E-state index in [9.17, 15) is 43.9 Å². The van der Waals surface area contributed by atoms with Crippen LogP contribution < -0.4 is 0 Å².